The fourth-order valence-electron chi connectivity index (χ4n) is 3.93. The normalized spacial score (nSPS) is 17.0. The first-order valence-electron chi connectivity index (χ1n) is 10.8. The number of hydrogen-bond donors (Lipinski definition) is 1. The number of aryl methyl sites for hydroxylation is 1. The average molecular weight is 450 g/mol. The van der Waals surface area contributed by atoms with E-state index in [4.69, 9.17) is 10.1 Å². The van der Waals surface area contributed by atoms with Crippen LogP contribution in [0.1, 0.15) is 49.6 Å². The summed E-state index contributed by atoms with van der Waals surface area (Å²) in [4.78, 5) is 17.0. The van der Waals surface area contributed by atoms with Crippen molar-refractivity contribution in [3.8, 4) is 11.4 Å². The molecule has 0 atom stereocenters. The Morgan fingerprint density at radius 3 is 2.75 bits per heavy atom. The molecule has 0 fully saturated rings. The molecule has 32 heavy (non-hydrogen) atoms. The molecule has 1 N–H and O–H groups in total. The van der Waals surface area contributed by atoms with Crippen LogP contribution in [0.25, 0.3) is 11.8 Å². The van der Waals surface area contributed by atoms with E-state index in [-0.39, 0.29) is 11.4 Å². The highest BCUT2D eigenvalue weighted by Gasteiger charge is 2.35. The summed E-state index contributed by atoms with van der Waals surface area (Å²) in [6.07, 6.45) is 5.90. The van der Waals surface area contributed by atoms with E-state index in [1.165, 1.54) is 16.8 Å². The molecule has 0 radical (unpaired) electrons. The van der Waals surface area contributed by atoms with Crippen LogP contribution in [0.4, 0.5) is 0 Å². The molecule has 0 unspecified atom stereocenters. The van der Waals surface area contributed by atoms with Crippen molar-refractivity contribution < 1.29 is 9.53 Å². The van der Waals surface area contributed by atoms with Crippen molar-refractivity contribution in [1.82, 2.24) is 9.58 Å². The van der Waals surface area contributed by atoms with Gasteiger partial charge in [-0.1, -0.05) is 31.9 Å². The zero-order valence-corrected chi connectivity index (χ0v) is 19.6. The summed E-state index contributed by atoms with van der Waals surface area (Å²) >= 11 is 1.39. The predicted molar refractivity (Wildman–Crippen MR) is 131 cm³/mol. The molecule has 2 aliphatic rings. The number of carbonyl (C=O) groups is 1. The number of para-hydroxylation sites is 2. The van der Waals surface area contributed by atoms with Crippen molar-refractivity contribution in [2.45, 2.75) is 46.5 Å². The Bertz CT molecular complexity index is 1180. The van der Waals surface area contributed by atoms with Crippen molar-refractivity contribution in [3.05, 3.63) is 52.9 Å². The second kappa shape index (κ2) is 9.16. The molecular weight excluding hydrogens is 422 g/mol. The van der Waals surface area contributed by atoms with Gasteiger partial charge in [0.25, 0.3) is 5.91 Å². The number of nitrogens with one attached hydrogen (secondary N) is 1. The SMILES string of the molecule is CCCCCC1=NN2C(=N)C(=Cc3cc(C)n(-c4ccccc4OC)c3C)C(=O)N=C2S1. The van der Waals surface area contributed by atoms with Gasteiger partial charge in [-0.3, -0.25) is 10.2 Å². The molecule has 0 bridgehead atoms. The summed E-state index contributed by atoms with van der Waals surface area (Å²) in [6, 6.07) is 9.82. The Morgan fingerprint density at radius 1 is 1.22 bits per heavy atom. The second-order valence-electron chi connectivity index (χ2n) is 7.80. The molecule has 4 rings (SSSR count). The highest BCUT2D eigenvalue weighted by molar-refractivity contribution is 8.26. The van der Waals surface area contributed by atoms with Crippen molar-refractivity contribution >= 4 is 39.8 Å². The predicted octanol–water partition coefficient (Wildman–Crippen LogP) is 5.30. The lowest BCUT2D eigenvalue weighted by Gasteiger charge is -2.20. The van der Waals surface area contributed by atoms with Gasteiger partial charge in [-0.25, -0.2) is 0 Å². The molecule has 7 nitrogen and oxygen atoms in total. The molecule has 0 aliphatic carbocycles. The minimum absolute atomic E-state index is 0.0695. The average Bonchev–Trinajstić information content (AvgIpc) is 3.31. The number of carbonyl (C=O) groups excluding carboxylic acids is 1. The van der Waals surface area contributed by atoms with Crippen molar-refractivity contribution in [2.24, 2.45) is 10.1 Å². The fraction of sp³-hybridized carbons (Fsp3) is 0.333. The molecule has 1 amide bonds. The third kappa shape index (κ3) is 4.02. The molecule has 1 aromatic heterocycles. The molecule has 3 heterocycles. The molecule has 0 saturated heterocycles. The van der Waals surface area contributed by atoms with Crippen LogP contribution in [0.3, 0.4) is 0 Å². The van der Waals surface area contributed by atoms with E-state index < -0.39 is 5.91 Å². The number of benzene rings is 1. The van der Waals surface area contributed by atoms with Gasteiger partial charge in [0.1, 0.15) is 10.8 Å². The van der Waals surface area contributed by atoms with Gasteiger partial charge in [-0.05, 0) is 68.3 Å². The summed E-state index contributed by atoms with van der Waals surface area (Å²) < 4.78 is 7.62. The summed E-state index contributed by atoms with van der Waals surface area (Å²) in [5.41, 5.74) is 3.99. The van der Waals surface area contributed by atoms with E-state index in [2.05, 4.69) is 21.6 Å². The quantitative estimate of drug-likeness (QED) is 0.459. The van der Waals surface area contributed by atoms with Gasteiger partial charge in [-0.2, -0.15) is 15.1 Å². The van der Waals surface area contributed by atoms with Crippen LogP contribution in [0.5, 0.6) is 5.75 Å². The smallest absolute Gasteiger partial charge is 0.283 e. The Morgan fingerprint density at radius 2 is 2.00 bits per heavy atom. The molecule has 2 aromatic rings. The number of rotatable bonds is 7. The third-order valence-corrected chi connectivity index (χ3v) is 6.55. The molecule has 0 saturated carbocycles. The maximum atomic E-state index is 12.8. The molecule has 8 heteroatoms. The fourth-order valence-corrected chi connectivity index (χ4v) is 4.86. The first-order chi connectivity index (χ1) is 15.4. The lowest BCUT2D eigenvalue weighted by molar-refractivity contribution is -0.114. The number of amides is 1. The van der Waals surface area contributed by atoms with Crippen LogP contribution in [0, 0.1) is 19.3 Å². The zero-order chi connectivity index (χ0) is 22.8. The van der Waals surface area contributed by atoms with E-state index in [0.717, 1.165) is 59.1 Å². The Hall–Kier alpha value is -3.13. The van der Waals surface area contributed by atoms with E-state index in [9.17, 15) is 4.79 Å². The maximum absolute atomic E-state index is 12.8. The van der Waals surface area contributed by atoms with Crippen molar-refractivity contribution in [1.29, 1.82) is 5.41 Å². The highest BCUT2D eigenvalue weighted by atomic mass is 32.2. The van der Waals surface area contributed by atoms with Crippen LogP contribution >= 0.6 is 11.8 Å². The number of aliphatic imine (C=N–C) groups is 1. The van der Waals surface area contributed by atoms with Crippen LogP contribution in [-0.4, -0.2) is 38.6 Å². The number of hydrazone groups is 1. The van der Waals surface area contributed by atoms with Gasteiger partial charge < -0.3 is 9.30 Å². The van der Waals surface area contributed by atoms with E-state index in [0.29, 0.717) is 5.17 Å². The lowest BCUT2D eigenvalue weighted by atomic mass is 10.1. The van der Waals surface area contributed by atoms with E-state index >= 15 is 0 Å². The molecule has 0 spiro atoms. The number of aromatic nitrogens is 1. The number of ether oxygens (including phenoxy) is 1. The molecule has 166 valence electrons. The number of fused-ring (bicyclic) bond motifs is 1. The van der Waals surface area contributed by atoms with Crippen LogP contribution in [-0.2, 0) is 4.79 Å². The Balaban J connectivity index is 1.67. The Kier molecular flexibility index (Phi) is 6.32. The summed E-state index contributed by atoms with van der Waals surface area (Å²) in [5.74, 6) is 0.434. The second-order valence-corrected chi connectivity index (χ2v) is 8.85. The number of amidine groups is 2. The van der Waals surface area contributed by atoms with E-state index in [1.807, 2.05) is 44.2 Å². The van der Waals surface area contributed by atoms with Gasteiger partial charge >= 0.3 is 0 Å². The minimum Gasteiger partial charge on any atom is -0.495 e. The number of hydrogen-bond acceptors (Lipinski definition) is 5. The first kappa shape index (κ1) is 22.1. The zero-order valence-electron chi connectivity index (χ0n) is 18.8. The van der Waals surface area contributed by atoms with Crippen LogP contribution in [0.15, 0.2) is 46.0 Å². The number of methoxy groups -OCH3 is 1. The number of unbranched alkanes of at least 4 members (excludes halogenated alkanes) is 2. The summed E-state index contributed by atoms with van der Waals surface area (Å²) in [7, 11) is 1.65. The molecule has 2 aliphatic heterocycles. The monoisotopic (exact) mass is 449 g/mol. The standard InChI is InChI=1S/C24H27N5O2S/c1-5-6-7-12-21-27-29-22(25)18(23(30)26-24(29)32-21)14-17-13-15(2)28(16(17)3)19-10-8-9-11-20(19)31-4/h8-11,13-14,25H,5-7,12H2,1-4H3. The van der Waals surface area contributed by atoms with Crippen LogP contribution in [0.2, 0.25) is 0 Å². The van der Waals surface area contributed by atoms with Crippen LogP contribution < -0.4 is 4.74 Å². The molecular formula is C24H27N5O2S. The third-order valence-electron chi connectivity index (χ3n) is 5.59. The van der Waals surface area contributed by atoms with Gasteiger partial charge in [-0.15, -0.1) is 0 Å². The van der Waals surface area contributed by atoms with Gasteiger partial charge in [0.05, 0.1) is 18.4 Å². The lowest BCUT2D eigenvalue weighted by Crippen LogP contribution is -2.35. The number of thioether (sulfide) groups is 1. The Labute approximate surface area is 192 Å². The van der Waals surface area contributed by atoms with Gasteiger partial charge in [0.15, 0.2) is 5.84 Å². The summed E-state index contributed by atoms with van der Waals surface area (Å²) in [6.45, 7) is 6.16. The van der Waals surface area contributed by atoms with E-state index in [1.54, 1.807) is 13.2 Å². The highest BCUT2D eigenvalue weighted by Crippen LogP contribution is 2.32. The minimum atomic E-state index is -0.402. The largest absolute Gasteiger partial charge is 0.495 e. The maximum Gasteiger partial charge on any atom is 0.283 e. The molecule has 1 aromatic carbocycles. The van der Waals surface area contributed by atoms with Gasteiger partial charge in [0.2, 0.25) is 5.17 Å². The first-order valence-corrected chi connectivity index (χ1v) is 11.6. The van der Waals surface area contributed by atoms with Crippen molar-refractivity contribution in [2.75, 3.05) is 7.11 Å². The van der Waals surface area contributed by atoms with Gasteiger partial charge in [0, 0.05) is 11.4 Å². The summed E-state index contributed by atoms with van der Waals surface area (Å²) in [5, 5.41) is 16.0. The van der Waals surface area contributed by atoms with Crippen molar-refractivity contribution in [3.63, 3.8) is 0 Å². The number of nitrogens with zero attached hydrogens (tertiary/aromatic N) is 4. The topological polar surface area (TPSA) is 83.0 Å².